The first kappa shape index (κ1) is 18.8. The molecule has 0 aliphatic heterocycles. The van der Waals surface area contributed by atoms with E-state index in [1.54, 1.807) is 19.2 Å². The molecule has 0 aliphatic rings. The van der Waals surface area contributed by atoms with Crippen molar-refractivity contribution in [3.63, 3.8) is 0 Å². The molecule has 9 heteroatoms. The zero-order valence-electron chi connectivity index (χ0n) is 14.4. The van der Waals surface area contributed by atoms with Crippen LogP contribution in [-0.4, -0.2) is 29.6 Å². The molecule has 27 heavy (non-hydrogen) atoms. The molecule has 0 atom stereocenters. The minimum Gasteiger partial charge on any atom is -0.443 e. The molecule has 2 amide bonds. The van der Waals surface area contributed by atoms with E-state index in [1.165, 1.54) is 34.6 Å². The Morgan fingerprint density at radius 1 is 1.33 bits per heavy atom. The summed E-state index contributed by atoms with van der Waals surface area (Å²) in [6.07, 6.45) is 1.51. The van der Waals surface area contributed by atoms with Gasteiger partial charge in [-0.3, -0.25) is 0 Å². The van der Waals surface area contributed by atoms with Crippen molar-refractivity contribution in [3.05, 3.63) is 59.3 Å². The maximum absolute atomic E-state index is 12.2. The summed E-state index contributed by atoms with van der Waals surface area (Å²) >= 11 is 1.52. The third-order valence-corrected chi connectivity index (χ3v) is 4.48. The Balaban J connectivity index is 1.49. The number of ether oxygens (including phenoxy) is 1. The first-order valence-corrected chi connectivity index (χ1v) is 8.90. The number of amides is 2. The minimum absolute atomic E-state index is 0.0773. The number of oxazole rings is 1. The number of thiophene rings is 1. The second-order valence-electron chi connectivity index (χ2n) is 5.66. The summed E-state index contributed by atoms with van der Waals surface area (Å²) in [4.78, 5) is 18.9. The smallest absolute Gasteiger partial charge is 0.387 e. The summed E-state index contributed by atoms with van der Waals surface area (Å²) in [7, 11) is 1.64. The lowest BCUT2D eigenvalue weighted by Crippen LogP contribution is -2.36. The van der Waals surface area contributed by atoms with Crippen LogP contribution in [0.4, 0.5) is 13.6 Å². The van der Waals surface area contributed by atoms with Crippen LogP contribution in [0.3, 0.4) is 0 Å². The van der Waals surface area contributed by atoms with Gasteiger partial charge in [0.05, 0.1) is 17.1 Å². The van der Waals surface area contributed by atoms with E-state index in [2.05, 4.69) is 15.0 Å². The Kier molecular flexibility index (Phi) is 6.02. The van der Waals surface area contributed by atoms with Crippen LogP contribution in [0.1, 0.15) is 11.3 Å². The maximum atomic E-state index is 12.2. The third-order valence-electron chi connectivity index (χ3n) is 3.62. The number of nitrogens with zero attached hydrogens (tertiary/aromatic N) is 2. The van der Waals surface area contributed by atoms with Crippen LogP contribution in [0, 0.1) is 0 Å². The summed E-state index contributed by atoms with van der Waals surface area (Å²) in [5, 5.41) is 4.69. The molecule has 0 radical (unpaired) electrons. The zero-order chi connectivity index (χ0) is 19.2. The number of carbonyl (C=O) groups excluding carboxylic acids is 1. The quantitative estimate of drug-likeness (QED) is 0.648. The number of carbonyl (C=O) groups is 1. The van der Waals surface area contributed by atoms with E-state index in [9.17, 15) is 13.6 Å². The molecule has 3 rings (SSSR count). The van der Waals surface area contributed by atoms with Crippen molar-refractivity contribution in [1.29, 1.82) is 0 Å². The molecule has 0 aliphatic carbocycles. The van der Waals surface area contributed by atoms with Crippen molar-refractivity contribution in [2.45, 2.75) is 19.7 Å². The fourth-order valence-electron chi connectivity index (χ4n) is 2.32. The first-order valence-electron chi connectivity index (χ1n) is 8.02. The Bertz CT molecular complexity index is 866. The van der Waals surface area contributed by atoms with Crippen LogP contribution in [0.15, 0.2) is 52.5 Å². The molecule has 2 heterocycles. The molecule has 2 aromatic heterocycles. The number of nitrogens with one attached hydrogen (secondary N) is 1. The molecule has 0 spiro atoms. The fraction of sp³-hybridized carbons (Fsp3) is 0.222. The van der Waals surface area contributed by atoms with Gasteiger partial charge in [-0.2, -0.15) is 8.78 Å². The summed E-state index contributed by atoms with van der Waals surface area (Å²) in [6, 6.07) is 9.67. The van der Waals surface area contributed by atoms with E-state index in [-0.39, 0.29) is 18.3 Å². The highest BCUT2D eigenvalue weighted by Gasteiger charge is 2.12. The van der Waals surface area contributed by atoms with E-state index in [0.717, 1.165) is 10.4 Å². The molecular formula is C18H17F2N3O3S. The summed E-state index contributed by atoms with van der Waals surface area (Å²) in [5.74, 6) is 0.599. The van der Waals surface area contributed by atoms with Crippen LogP contribution in [-0.2, 0) is 13.1 Å². The fourth-order valence-corrected chi connectivity index (χ4v) is 2.98. The Morgan fingerprint density at radius 3 is 2.78 bits per heavy atom. The molecule has 0 fully saturated rings. The monoisotopic (exact) mass is 393 g/mol. The van der Waals surface area contributed by atoms with Gasteiger partial charge < -0.3 is 19.4 Å². The second-order valence-corrected chi connectivity index (χ2v) is 6.61. The van der Waals surface area contributed by atoms with E-state index in [1.807, 2.05) is 17.5 Å². The average Bonchev–Trinajstić information content (AvgIpc) is 3.32. The van der Waals surface area contributed by atoms with Crippen LogP contribution in [0.2, 0.25) is 0 Å². The second kappa shape index (κ2) is 8.63. The lowest BCUT2D eigenvalue weighted by atomic mass is 10.2. The van der Waals surface area contributed by atoms with Crippen molar-refractivity contribution in [1.82, 2.24) is 15.2 Å². The van der Waals surface area contributed by atoms with Crippen molar-refractivity contribution in [2.24, 2.45) is 0 Å². The van der Waals surface area contributed by atoms with Gasteiger partial charge in [-0.05, 0) is 29.1 Å². The van der Waals surface area contributed by atoms with Gasteiger partial charge in [-0.15, -0.1) is 11.3 Å². The van der Waals surface area contributed by atoms with Gasteiger partial charge in [0.15, 0.2) is 0 Å². The molecule has 0 bridgehead atoms. The molecular weight excluding hydrogens is 376 g/mol. The molecule has 0 saturated carbocycles. The lowest BCUT2D eigenvalue weighted by molar-refractivity contribution is -0.0498. The number of urea groups is 1. The van der Waals surface area contributed by atoms with Crippen LogP contribution < -0.4 is 10.1 Å². The number of aromatic nitrogens is 1. The van der Waals surface area contributed by atoms with Crippen LogP contribution >= 0.6 is 11.3 Å². The number of rotatable bonds is 7. The number of halogens is 2. The normalized spacial score (nSPS) is 10.8. The molecule has 0 saturated heterocycles. The first-order chi connectivity index (χ1) is 13.0. The Labute approximate surface area is 158 Å². The minimum atomic E-state index is -2.86. The maximum Gasteiger partial charge on any atom is 0.387 e. The third kappa shape index (κ3) is 5.27. The van der Waals surface area contributed by atoms with Crippen LogP contribution in [0.25, 0.3) is 10.8 Å². The highest BCUT2D eigenvalue weighted by Crippen LogP contribution is 2.23. The number of hydrogen-bond acceptors (Lipinski definition) is 5. The van der Waals surface area contributed by atoms with Gasteiger partial charge in [0.2, 0.25) is 5.89 Å². The van der Waals surface area contributed by atoms with E-state index >= 15 is 0 Å². The highest BCUT2D eigenvalue weighted by atomic mass is 32.1. The zero-order valence-corrected chi connectivity index (χ0v) is 15.2. The lowest BCUT2D eigenvalue weighted by Gasteiger charge is -2.18. The van der Waals surface area contributed by atoms with Gasteiger partial charge in [0.25, 0.3) is 0 Å². The van der Waals surface area contributed by atoms with E-state index < -0.39 is 6.61 Å². The average molecular weight is 393 g/mol. The molecule has 0 unspecified atom stereocenters. The predicted octanol–water partition coefficient (Wildman–Crippen LogP) is 4.35. The van der Waals surface area contributed by atoms with Gasteiger partial charge in [-0.1, -0.05) is 18.2 Å². The van der Waals surface area contributed by atoms with E-state index in [4.69, 9.17) is 4.42 Å². The summed E-state index contributed by atoms with van der Waals surface area (Å²) in [6.45, 7) is -2.31. The summed E-state index contributed by atoms with van der Waals surface area (Å²) < 4.78 is 34.0. The van der Waals surface area contributed by atoms with Crippen LogP contribution in [0.5, 0.6) is 5.75 Å². The molecule has 1 N–H and O–H groups in total. The largest absolute Gasteiger partial charge is 0.443 e. The SMILES string of the molecule is CN(Cc1ccc(OC(F)F)cc1)C(=O)NCc1coc(-c2cccs2)n1. The molecule has 142 valence electrons. The van der Waals surface area contributed by atoms with Gasteiger partial charge in [-0.25, -0.2) is 9.78 Å². The number of hydrogen-bond donors (Lipinski definition) is 1. The Hall–Kier alpha value is -2.94. The topological polar surface area (TPSA) is 67.6 Å². The number of alkyl halides is 2. The van der Waals surface area contributed by atoms with Crippen molar-refractivity contribution >= 4 is 17.4 Å². The van der Waals surface area contributed by atoms with Gasteiger partial charge in [0.1, 0.15) is 12.0 Å². The van der Waals surface area contributed by atoms with Crippen molar-refractivity contribution < 1.29 is 22.7 Å². The Morgan fingerprint density at radius 2 is 2.11 bits per heavy atom. The highest BCUT2D eigenvalue weighted by molar-refractivity contribution is 7.13. The number of benzene rings is 1. The summed E-state index contributed by atoms with van der Waals surface area (Å²) in [5.41, 5.74) is 1.41. The molecule has 6 nitrogen and oxygen atoms in total. The van der Waals surface area contributed by atoms with Gasteiger partial charge in [0, 0.05) is 13.6 Å². The van der Waals surface area contributed by atoms with E-state index in [0.29, 0.717) is 18.1 Å². The van der Waals surface area contributed by atoms with Gasteiger partial charge >= 0.3 is 12.6 Å². The predicted molar refractivity (Wildman–Crippen MR) is 96.6 cm³/mol. The standard InChI is InChI=1S/C18H17F2N3O3S/c1-23(10-12-4-6-14(7-5-12)26-17(19)20)18(24)21-9-13-11-25-16(22-13)15-3-2-8-27-15/h2-8,11,17H,9-10H2,1H3,(H,21,24). The molecule has 1 aromatic carbocycles. The van der Waals surface area contributed by atoms with Crippen molar-refractivity contribution in [2.75, 3.05) is 7.05 Å². The van der Waals surface area contributed by atoms with Crippen molar-refractivity contribution in [3.8, 4) is 16.5 Å². The molecule has 3 aromatic rings.